The van der Waals surface area contributed by atoms with Crippen LogP contribution in [0.4, 0.5) is 0 Å². The van der Waals surface area contributed by atoms with Gasteiger partial charge in [0, 0.05) is 27.2 Å². The molecule has 4 unspecified atom stereocenters. The van der Waals surface area contributed by atoms with Crippen molar-refractivity contribution in [3.05, 3.63) is 0 Å². The van der Waals surface area contributed by atoms with Crippen LogP contribution in [0.25, 0.3) is 0 Å². The molecule has 0 saturated carbocycles. The second kappa shape index (κ2) is 58.6. The molecular formula is C64H124Cl2N2O14. The van der Waals surface area contributed by atoms with Crippen molar-refractivity contribution in [2.75, 3.05) is 80.8 Å². The number of rotatable bonds is 54. The van der Waals surface area contributed by atoms with Gasteiger partial charge in [-0.2, -0.15) is 0 Å². The molecule has 0 spiro atoms. The van der Waals surface area contributed by atoms with E-state index in [1.807, 2.05) is 28.2 Å². The Morgan fingerprint density at radius 2 is 0.610 bits per heavy atom. The van der Waals surface area contributed by atoms with Gasteiger partial charge in [-0.3, -0.25) is 19.2 Å². The number of hydrogen-bond acceptors (Lipinski definition) is 14. The number of carbonyl (C=O) groups is 6. The summed E-state index contributed by atoms with van der Waals surface area (Å²) in [4.78, 5) is 70.0. The molecular weight excluding hydrogens is 1090 g/mol. The molecule has 0 aromatic heterocycles. The van der Waals surface area contributed by atoms with E-state index in [1.165, 1.54) is 85.0 Å². The number of esters is 6. The van der Waals surface area contributed by atoms with Gasteiger partial charge in [0.2, 0.25) is 0 Å². The van der Waals surface area contributed by atoms with Gasteiger partial charge >= 0.3 is 35.8 Å². The number of carbonyl (C=O) groups excluding carboxylic acids is 6. The standard InChI is InChI=1S/C38H72NO9.C26H52NO5.2ClH/c1-6-7-20-26-36(48-38(44)32-39(4,5)28-31-46-34(3)41)35(42)25-21-16-12-8-9-13-17-22-27-37(43)47-30-24-19-15-11-10-14-18-23-29-45-33(2)40;1-6-8-10-11-12-13-14-15-17-18-24(29)25(19-16-9-7-2)32-26(30)22-27(4,5)20-21-31-23(3)28;;/h35-36,42H,6-32H2,1-5H3;24-25,29H,6-22H2,1-5H3;2*1H/q2*+1;;/p-2. The van der Waals surface area contributed by atoms with Crippen LogP contribution in [0, 0.1) is 0 Å². The van der Waals surface area contributed by atoms with E-state index in [4.69, 9.17) is 28.4 Å². The quantitative estimate of drug-likeness (QED) is 0.0273. The summed E-state index contributed by atoms with van der Waals surface area (Å²) in [6, 6.07) is 0. The summed E-state index contributed by atoms with van der Waals surface area (Å²) in [5, 5.41) is 21.6. The fraction of sp³-hybridized carbons (Fsp3) is 0.906. The number of halogens is 2. The zero-order valence-electron chi connectivity index (χ0n) is 53.9. The van der Waals surface area contributed by atoms with Gasteiger partial charge in [0.15, 0.2) is 13.1 Å². The number of ether oxygens (including phenoxy) is 6. The molecule has 0 aliphatic heterocycles. The van der Waals surface area contributed by atoms with E-state index in [1.54, 1.807) is 0 Å². The Bertz CT molecular complexity index is 1540. The van der Waals surface area contributed by atoms with Crippen LogP contribution in [0.2, 0.25) is 0 Å². The zero-order valence-corrected chi connectivity index (χ0v) is 55.4. The van der Waals surface area contributed by atoms with Crippen molar-refractivity contribution >= 4 is 35.8 Å². The average Bonchev–Trinajstić information content (AvgIpc) is 3.37. The molecule has 2 N–H and O–H groups in total. The number of aliphatic hydroxyl groups is 2. The lowest BCUT2D eigenvalue weighted by Crippen LogP contribution is -3.00. The van der Waals surface area contributed by atoms with Crippen LogP contribution in [0.15, 0.2) is 0 Å². The predicted octanol–water partition coefficient (Wildman–Crippen LogP) is 7.01. The fourth-order valence-corrected chi connectivity index (χ4v) is 9.45. The highest BCUT2D eigenvalue weighted by atomic mass is 35.5. The molecule has 16 nitrogen and oxygen atoms in total. The topological polar surface area (TPSA) is 198 Å². The summed E-state index contributed by atoms with van der Waals surface area (Å²) in [6.45, 7) is 13.7. The van der Waals surface area contributed by atoms with Crippen molar-refractivity contribution in [1.82, 2.24) is 0 Å². The minimum atomic E-state index is -0.663. The van der Waals surface area contributed by atoms with E-state index in [2.05, 4.69) is 20.8 Å². The SMILES string of the molecule is CCCCCC(OC(=O)C[N+](C)(C)CCOC(C)=O)C(O)CCCCCCCCCCC(=O)OCCCCCCCCCCOC(C)=O.CCCCCCCCCCCC(O)C(CCCCC)OC(=O)C[N+](C)(C)CCOC(C)=O.[Cl-].[Cl-]. The number of quaternary nitrogens is 2. The smallest absolute Gasteiger partial charge is 0.362 e. The number of nitrogens with zero attached hydrogens (tertiary/aromatic N) is 2. The first-order chi connectivity index (χ1) is 38.2. The molecule has 0 aliphatic carbocycles. The second-order valence-electron chi connectivity index (χ2n) is 23.9. The van der Waals surface area contributed by atoms with Crippen molar-refractivity contribution in [1.29, 1.82) is 0 Å². The number of likely N-dealkylation sites (N-methyl/N-ethyl adjacent to an activating group) is 2. The molecule has 0 saturated heterocycles. The normalized spacial score (nSPS) is 12.7. The molecule has 0 amide bonds. The summed E-state index contributed by atoms with van der Waals surface area (Å²) in [6.07, 6.45) is 35.5. The molecule has 0 aliphatic rings. The highest BCUT2D eigenvalue weighted by molar-refractivity contribution is 5.71. The molecule has 0 heterocycles. The molecule has 0 rings (SSSR count). The first-order valence-electron chi connectivity index (χ1n) is 32.1. The van der Waals surface area contributed by atoms with Gasteiger partial charge in [-0.05, 0) is 57.8 Å². The van der Waals surface area contributed by atoms with Crippen LogP contribution < -0.4 is 24.8 Å². The van der Waals surface area contributed by atoms with Gasteiger partial charge < -0.3 is 72.4 Å². The Kier molecular flexibility index (Phi) is 61.2. The fourth-order valence-electron chi connectivity index (χ4n) is 9.45. The van der Waals surface area contributed by atoms with Crippen LogP contribution in [0.3, 0.4) is 0 Å². The summed E-state index contributed by atoms with van der Waals surface area (Å²) in [5.74, 6) is -1.57. The Morgan fingerprint density at radius 3 is 0.951 bits per heavy atom. The van der Waals surface area contributed by atoms with Gasteiger partial charge in [0.25, 0.3) is 0 Å². The van der Waals surface area contributed by atoms with E-state index < -0.39 is 24.4 Å². The van der Waals surface area contributed by atoms with E-state index in [-0.39, 0.29) is 86.9 Å². The minimum absolute atomic E-state index is 0. The highest BCUT2D eigenvalue weighted by Crippen LogP contribution is 2.21. The molecule has 0 fully saturated rings. The van der Waals surface area contributed by atoms with E-state index >= 15 is 0 Å². The van der Waals surface area contributed by atoms with Gasteiger partial charge in [-0.1, -0.05) is 188 Å². The van der Waals surface area contributed by atoms with Gasteiger partial charge in [0.05, 0.1) is 53.6 Å². The van der Waals surface area contributed by atoms with Crippen LogP contribution in [0.5, 0.6) is 0 Å². The molecule has 82 heavy (non-hydrogen) atoms. The molecule has 0 aromatic rings. The van der Waals surface area contributed by atoms with E-state index in [0.29, 0.717) is 67.4 Å². The van der Waals surface area contributed by atoms with Crippen molar-refractivity contribution < 1.29 is 101 Å². The number of unbranched alkanes of at least 4 members (excludes halogenated alkanes) is 26. The molecule has 0 radical (unpaired) electrons. The number of aliphatic hydroxyl groups excluding tert-OH is 2. The molecule has 4 atom stereocenters. The Hall–Kier alpha value is -2.76. The third-order valence-corrected chi connectivity index (χ3v) is 14.6. The average molecular weight is 1220 g/mol. The zero-order chi connectivity index (χ0) is 60.1. The highest BCUT2D eigenvalue weighted by Gasteiger charge is 2.29. The molecule has 0 bridgehead atoms. The maximum absolute atomic E-state index is 12.7. The largest absolute Gasteiger partial charge is 1.00 e. The van der Waals surface area contributed by atoms with Gasteiger partial charge in [-0.15, -0.1) is 0 Å². The third-order valence-electron chi connectivity index (χ3n) is 14.6. The Balaban J connectivity index is -0.000000781. The van der Waals surface area contributed by atoms with Crippen molar-refractivity contribution in [3.63, 3.8) is 0 Å². The van der Waals surface area contributed by atoms with Crippen LogP contribution in [-0.4, -0.2) is 160 Å². The van der Waals surface area contributed by atoms with Crippen molar-refractivity contribution in [3.8, 4) is 0 Å². The minimum Gasteiger partial charge on any atom is -1.00 e. The van der Waals surface area contributed by atoms with Gasteiger partial charge in [-0.25, -0.2) is 9.59 Å². The Morgan fingerprint density at radius 1 is 0.341 bits per heavy atom. The van der Waals surface area contributed by atoms with E-state index in [0.717, 1.165) is 135 Å². The van der Waals surface area contributed by atoms with Crippen molar-refractivity contribution in [2.45, 2.75) is 297 Å². The Labute approximate surface area is 512 Å². The maximum atomic E-state index is 12.7. The molecule has 18 heteroatoms. The molecule has 488 valence electrons. The first kappa shape index (κ1) is 85.7. The van der Waals surface area contributed by atoms with Crippen LogP contribution in [0.1, 0.15) is 273 Å². The number of hydrogen-bond donors (Lipinski definition) is 2. The summed E-state index contributed by atoms with van der Waals surface area (Å²) in [5.41, 5.74) is 0. The third kappa shape index (κ3) is 60.4. The van der Waals surface area contributed by atoms with Crippen LogP contribution >= 0.6 is 0 Å². The second-order valence-corrected chi connectivity index (χ2v) is 23.9. The lowest BCUT2D eigenvalue weighted by atomic mass is 10.00. The monoisotopic (exact) mass is 1210 g/mol. The summed E-state index contributed by atoms with van der Waals surface area (Å²) >= 11 is 0. The first-order valence-corrected chi connectivity index (χ1v) is 32.1. The predicted molar refractivity (Wildman–Crippen MR) is 320 cm³/mol. The lowest BCUT2D eigenvalue weighted by Gasteiger charge is -2.30. The lowest BCUT2D eigenvalue weighted by molar-refractivity contribution is -0.883. The van der Waals surface area contributed by atoms with Crippen molar-refractivity contribution in [2.24, 2.45) is 0 Å². The van der Waals surface area contributed by atoms with E-state index in [9.17, 15) is 39.0 Å². The summed E-state index contributed by atoms with van der Waals surface area (Å²) < 4.78 is 32.6. The molecule has 0 aromatic carbocycles. The van der Waals surface area contributed by atoms with Crippen LogP contribution in [-0.2, 0) is 57.2 Å². The van der Waals surface area contributed by atoms with Gasteiger partial charge in [0.1, 0.15) is 38.5 Å². The summed E-state index contributed by atoms with van der Waals surface area (Å²) in [7, 11) is 7.62. The maximum Gasteiger partial charge on any atom is 0.362 e.